The lowest BCUT2D eigenvalue weighted by atomic mass is 10.2. The van der Waals surface area contributed by atoms with Gasteiger partial charge in [-0.15, -0.1) is 0 Å². The summed E-state index contributed by atoms with van der Waals surface area (Å²) in [6.07, 6.45) is 1.59. The second-order valence-electron chi connectivity index (χ2n) is 2.76. The maximum absolute atomic E-state index is 10.9. The summed E-state index contributed by atoms with van der Waals surface area (Å²) in [6.45, 7) is 0. The van der Waals surface area contributed by atoms with Crippen molar-refractivity contribution in [2.24, 2.45) is 5.73 Å². The number of H-pyrrole nitrogens is 1. The van der Waals surface area contributed by atoms with Crippen LogP contribution in [0.1, 0.15) is 10.4 Å². The topological polar surface area (TPSA) is 58.9 Å². The van der Waals surface area contributed by atoms with Gasteiger partial charge in [-0.1, -0.05) is 17.7 Å². The van der Waals surface area contributed by atoms with E-state index in [2.05, 4.69) is 4.98 Å². The largest absolute Gasteiger partial charge is 0.366 e. The van der Waals surface area contributed by atoms with Crippen LogP contribution in [0.5, 0.6) is 0 Å². The molecule has 0 fully saturated rings. The average molecular weight is 195 g/mol. The van der Waals surface area contributed by atoms with Gasteiger partial charge in [0.1, 0.15) is 0 Å². The Morgan fingerprint density at radius 2 is 2.23 bits per heavy atom. The Labute approximate surface area is 79.5 Å². The van der Waals surface area contributed by atoms with E-state index in [0.717, 1.165) is 10.9 Å². The molecular weight excluding hydrogens is 188 g/mol. The molecule has 1 amide bonds. The molecule has 0 radical (unpaired) electrons. The van der Waals surface area contributed by atoms with Gasteiger partial charge in [0.15, 0.2) is 0 Å². The first-order chi connectivity index (χ1) is 6.18. The minimum Gasteiger partial charge on any atom is -0.366 e. The molecule has 0 saturated heterocycles. The fourth-order valence-corrected chi connectivity index (χ4v) is 1.47. The van der Waals surface area contributed by atoms with Crippen LogP contribution in [0.2, 0.25) is 5.02 Å². The lowest BCUT2D eigenvalue weighted by Crippen LogP contribution is -2.09. The number of nitrogens with one attached hydrogen (secondary N) is 1. The van der Waals surface area contributed by atoms with Gasteiger partial charge in [0.2, 0.25) is 0 Å². The van der Waals surface area contributed by atoms with Gasteiger partial charge in [-0.2, -0.15) is 0 Å². The van der Waals surface area contributed by atoms with Crippen LogP contribution in [0, 0.1) is 0 Å². The lowest BCUT2D eigenvalue weighted by molar-refractivity contribution is 0.100. The molecule has 0 unspecified atom stereocenters. The number of fused-ring (bicyclic) bond motifs is 1. The standard InChI is InChI=1S/C9H7ClN2O/c10-5-1-2-6-7(9(11)13)4-12-8(6)3-5/h1-4,12H,(H2,11,13). The molecule has 0 saturated carbocycles. The van der Waals surface area contributed by atoms with Crippen molar-refractivity contribution in [1.82, 2.24) is 4.98 Å². The predicted molar refractivity (Wildman–Crippen MR) is 51.8 cm³/mol. The number of aromatic amines is 1. The molecule has 0 spiro atoms. The van der Waals surface area contributed by atoms with Crippen molar-refractivity contribution in [2.75, 3.05) is 0 Å². The maximum atomic E-state index is 10.9. The summed E-state index contributed by atoms with van der Waals surface area (Å²) in [5.41, 5.74) is 6.48. The molecule has 0 aliphatic heterocycles. The number of carbonyl (C=O) groups is 1. The van der Waals surface area contributed by atoms with E-state index in [1.54, 1.807) is 24.4 Å². The summed E-state index contributed by atoms with van der Waals surface area (Å²) >= 11 is 5.77. The van der Waals surface area contributed by atoms with Gasteiger partial charge in [0.05, 0.1) is 5.56 Å². The van der Waals surface area contributed by atoms with E-state index in [1.807, 2.05) is 0 Å². The Morgan fingerprint density at radius 3 is 2.92 bits per heavy atom. The molecule has 0 aliphatic carbocycles. The van der Waals surface area contributed by atoms with Crippen molar-refractivity contribution < 1.29 is 4.79 Å². The van der Waals surface area contributed by atoms with Gasteiger partial charge in [0.25, 0.3) is 5.91 Å². The molecule has 3 nitrogen and oxygen atoms in total. The highest BCUT2D eigenvalue weighted by Crippen LogP contribution is 2.21. The van der Waals surface area contributed by atoms with E-state index in [4.69, 9.17) is 17.3 Å². The highest BCUT2D eigenvalue weighted by Gasteiger charge is 2.07. The normalized spacial score (nSPS) is 10.5. The molecule has 3 N–H and O–H groups in total. The smallest absolute Gasteiger partial charge is 0.250 e. The second kappa shape index (κ2) is 2.78. The van der Waals surface area contributed by atoms with Crippen molar-refractivity contribution in [3.05, 3.63) is 35.0 Å². The quantitative estimate of drug-likeness (QED) is 0.716. The number of carbonyl (C=O) groups excluding carboxylic acids is 1. The molecule has 0 bridgehead atoms. The Hall–Kier alpha value is -1.48. The van der Waals surface area contributed by atoms with Crippen molar-refractivity contribution in [1.29, 1.82) is 0 Å². The summed E-state index contributed by atoms with van der Waals surface area (Å²) in [6, 6.07) is 5.25. The minimum atomic E-state index is -0.437. The van der Waals surface area contributed by atoms with E-state index in [9.17, 15) is 4.79 Å². The molecule has 66 valence electrons. The molecule has 13 heavy (non-hydrogen) atoms. The van der Waals surface area contributed by atoms with Gasteiger partial charge >= 0.3 is 0 Å². The highest BCUT2D eigenvalue weighted by atomic mass is 35.5. The SMILES string of the molecule is NC(=O)c1c[nH]c2cc(Cl)ccc12. The Balaban J connectivity index is 2.76. The van der Waals surface area contributed by atoms with Crippen molar-refractivity contribution in [3.8, 4) is 0 Å². The molecule has 0 atom stereocenters. The zero-order valence-electron chi connectivity index (χ0n) is 6.67. The molecule has 4 heteroatoms. The first-order valence-corrected chi connectivity index (χ1v) is 4.13. The first kappa shape index (κ1) is 8.13. The van der Waals surface area contributed by atoms with Crippen LogP contribution >= 0.6 is 11.6 Å². The number of halogens is 1. The third kappa shape index (κ3) is 1.27. The van der Waals surface area contributed by atoms with Crippen LogP contribution in [0.15, 0.2) is 24.4 Å². The molecule has 1 aromatic carbocycles. The number of primary amides is 1. The number of aromatic nitrogens is 1. The van der Waals surface area contributed by atoms with Gasteiger partial charge < -0.3 is 10.7 Å². The summed E-state index contributed by atoms with van der Waals surface area (Å²) in [4.78, 5) is 13.9. The van der Waals surface area contributed by atoms with Crippen LogP contribution in [0.3, 0.4) is 0 Å². The predicted octanol–water partition coefficient (Wildman–Crippen LogP) is 1.92. The summed E-state index contributed by atoms with van der Waals surface area (Å²) in [5.74, 6) is -0.437. The monoisotopic (exact) mass is 194 g/mol. The van der Waals surface area contributed by atoms with Gasteiger partial charge in [-0.3, -0.25) is 4.79 Å². The Kier molecular flexibility index (Phi) is 1.74. The first-order valence-electron chi connectivity index (χ1n) is 3.75. The number of hydrogen-bond acceptors (Lipinski definition) is 1. The van der Waals surface area contributed by atoms with Crippen LogP contribution in [0.4, 0.5) is 0 Å². The fourth-order valence-electron chi connectivity index (χ4n) is 1.30. The van der Waals surface area contributed by atoms with Crippen molar-refractivity contribution >= 4 is 28.4 Å². The lowest BCUT2D eigenvalue weighted by Gasteiger charge is -1.93. The van der Waals surface area contributed by atoms with Crippen LogP contribution in [0.25, 0.3) is 10.9 Å². The summed E-state index contributed by atoms with van der Waals surface area (Å²) in [7, 11) is 0. The third-order valence-corrected chi connectivity index (χ3v) is 2.14. The Morgan fingerprint density at radius 1 is 1.46 bits per heavy atom. The zero-order valence-corrected chi connectivity index (χ0v) is 7.43. The van der Waals surface area contributed by atoms with Crippen LogP contribution in [-0.4, -0.2) is 10.9 Å². The maximum Gasteiger partial charge on any atom is 0.250 e. The highest BCUT2D eigenvalue weighted by molar-refractivity contribution is 6.31. The molecule has 2 aromatic rings. The second-order valence-corrected chi connectivity index (χ2v) is 3.19. The number of rotatable bonds is 1. The summed E-state index contributed by atoms with van der Waals surface area (Å²) < 4.78 is 0. The number of nitrogens with two attached hydrogens (primary N) is 1. The van der Waals surface area contributed by atoms with Crippen molar-refractivity contribution in [2.45, 2.75) is 0 Å². The van der Waals surface area contributed by atoms with E-state index in [-0.39, 0.29) is 0 Å². The van der Waals surface area contributed by atoms with E-state index < -0.39 is 5.91 Å². The molecule has 1 aromatic heterocycles. The Bertz CT molecular complexity index is 475. The fraction of sp³-hybridized carbons (Fsp3) is 0. The van der Waals surface area contributed by atoms with E-state index in [0.29, 0.717) is 10.6 Å². The minimum absolute atomic E-state index is 0.437. The van der Waals surface area contributed by atoms with Gasteiger partial charge in [-0.05, 0) is 12.1 Å². The number of hydrogen-bond donors (Lipinski definition) is 2. The van der Waals surface area contributed by atoms with E-state index >= 15 is 0 Å². The zero-order chi connectivity index (χ0) is 9.42. The van der Waals surface area contributed by atoms with E-state index in [1.165, 1.54) is 0 Å². The molecule has 2 rings (SSSR count). The number of benzene rings is 1. The molecule has 0 aliphatic rings. The third-order valence-electron chi connectivity index (χ3n) is 1.91. The molecular formula is C9H7ClN2O. The summed E-state index contributed by atoms with van der Waals surface area (Å²) in [5, 5.41) is 1.43. The average Bonchev–Trinajstić information content (AvgIpc) is 2.46. The number of amides is 1. The molecule has 1 heterocycles. The van der Waals surface area contributed by atoms with Gasteiger partial charge in [-0.25, -0.2) is 0 Å². The van der Waals surface area contributed by atoms with Gasteiger partial charge in [0, 0.05) is 22.1 Å². The van der Waals surface area contributed by atoms with Crippen LogP contribution in [-0.2, 0) is 0 Å². The van der Waals surface area contributed by atoms with Crippen molar-refractivity contribution in [3.63, 3.8) is 0 Å². The van der Waals surface area contributed by atoms with Crippen LogP contribution < -0.4 is 5.73 Å².